The van der Waals surface area contributed by atoms with Crippen LogP contribution < -0.4 is 10.9 Å². The van der Waals surface area contributed by atoms with Gasteiger partial charge in [-0.1, -0.05) is 29.5 Å². The van der Waals surface area contributed by atoms with E-state index in [1.165, 1.54) is 35.9 Å². The molecule has 1 aliphatic rings. The van der Waals surface area contributed by atoms with E-state index in [1.807, 2.05) is 32.0 Å². The van der Waals surface area contributed by atoms with Crippen molar-refractivity contribution in [2.75, 3.05) is 5.32 Å². The molecule has 0 unspecified atom stereocenters. The molecule has 3 heterocycles. The van der Waals surface area contributed by atoms with Crippen LogP contribution in [0.2, 0.25) is 0 Å². The number of aromatic amines is 1. The van der Waals surface area contributed by atoms with E-state index in [-0.39, 0.29) is 11.5 Å². The maximum absolute atomic E-state index is 13.0. The monoisotopic (exact) mass is 494 g/mol. The molecule has 0 aliphatic heterocycles. The molecular weight excluding hydrogens is 468 g/mol. The molecule has 1 amide bonds. The highest BCUT2D eigenvalue weighted by Crippen LogP contribution is 2.40. The minimum Gasteiger partial charge on any atom is -0.321 e. The van der Waals surface area contributed by atoms with Crippen LogP contribution in [0.3, 0.4) is 0 Å². The molecule has 5 rings (SSSR count). The molecule has 1 aromatic carbocycles. The molecule has 34 heavy (non-hydrogen) atoms. The smallest absolute Gasteiger partial charge is 0.266 e. The molecule has 3 aromatic heterocycles. The van der Waals surface area contributed by atoms with Gasteiger partial charge in [0.15, 0.2) is 5.16 Å². The maximum atomic E-state index is 13.0. The number of nitrogens with zero attached hydrogens (tertiary/aromatic N) is 4. The van der Waals surface area contributed by atoms with E-state index in [2.05, 4.69) is 37.0 Å². The van der Waals surface area contributed by atoms with Gasteiger partial charge in [-0.25, -0.2) is 4.98 Å². The van der Waals surface area contributed by atoms with Gasteiger partial charge in [0.25, 0.3) is 11.5 Å². The van der Waals surface area contributed by atoms with Gasteiger partial charge in [-0.05, 0) is 57.7 Å². The number of hydrogen-bond acceptors (Lipinski definition) is 7. The molecule has 1 saturated carbocycles. The number of amides is 1. The first-order valence-corrected chi connectivity index (χ1v) is 13.1. The Bertz CT molecular complexity index is 1460. The fourth-order valence-corrected chi connectivity index (χ4v) is 6.06. The summed E-state index contributed by atoms with van der Waals surface area (Å²) >= 11 is 2.76. The van der Waals surface area contributed by atoms with E-state index in [9.17, 15) is 9.59 Å². The standard InChI is InChI=1S/C24H26N6O2S2/c1-5-30-20(15-7-8-15)28-29-24(30)33-11-17-26-21(31)18-14(4)19(34-23(18)27-17)22(32)25-16-9-6-12(2)10-13(16)3/h6,9-10,15H,5,7-8,11H2,1-4H3,(H,25,32)(H,26,27,31). The van der Waals surface area contributed by atoms with Gasteiger partial charge < -0.3 is 14.9 Å². The van der Waals surface area contributed by atoms with Crippen LogP contribution in [0.25, 0.3) is 10.2 Å². The number of benzene rings is 1. The molecule has 0 spiro atoms. The maximum Gasteiger partial charge on any atom is 0.266 e. The van der Waals surface area contributed by atoms with E-state index in [4.69, 9.17) is 0 Å². The Morgan fingerprint density at radius 2 is 2.06 bits per heavy atom. The number of thiophene rings is 1. The highest BCUT2D eigenvalue weighted by atomic mass is 32.2. The van der Waals surface area contributed by atoms with Crippen molar-refractivity contribution in [3.05, 3.63) is 61.8 Å². The minimum absolute atomic E-state index is 0.226. The van der Waals surface area contributed by atoms with Crippen molar-refractivity contribution >= 4 is 44.9 Å². The number of nitrogens with one attached hydrogen (secondary N) is 2. The number of H-pyrrole nitrogens is 1. The summed E-state index contributed by atoms with van der Waals surface area (Å²) in [5.41, 5.74) is 3.31. The fourth-order valence-electron chi connectivity index (χ4n) is 4.09. The summed E-state index contributed by atoms with van der Waals surface area (Å²) in [7, 11) is 0. The highest BCUT2D eigenvalue weighted by molar-refractivity contribution is 7.98. The third-order valence-corrected chi connectivity index (χ3v) is 8.19. The molecule has 0 saturated heterocycles. The second-order valence-corrected chi connectivity index (χ2v) is 10.6. The average molecular weight is 495 g/mol. The SMILES string of the molecule is CCn1c(SCc2nc3sc(C(=O)Nc4ccc(C)cc4C)c(C)c3c(=O)[nH]2)nnc1C1CC1. The zero-order valence-corrected chi connectivity index (χ0v) is 21.2. The van der Waals surface area contributed by atoms with Crippen molar-refractivity contribution in [1.82, 2.24) is 24.7 Å². The van der Waals surface area contributed by atoms with Gasteiger partial charge >= 0.3 is 0 Å². The van der Waals surface area contributed by atoms with Crippen LogP contribution >= 0.6 is 23.1 Å². The number of carbonyl (C=O) groups excluding carboxylic acids is 1. The van der Waals surface area contributed by atoms with Gasteiger partial charge in [-0.2, -0.15) is 0 Å². The topological polar surface area (TPSA) is 106 Å². The largest absolute Gasteiger partial charge is 0.321 e. The first-order valence-electron chi connectivity index (χ1n) is 11.3. The first kappa shape index (κ1) is 22.8. The van der Waals surface area contributed by atoms with Crippen LogP contribution in [-0.4, -0.2) is 30.6 Å². The number of aromatic nitrogens is 5. The lowest BCUT2D eigenvalue weighted by molar-refractivity contribution is 0.103. The normalized spacial score (nSPS) is 13.5. The highest BCUT2D eigenvalue weighted by Gasteiger charge is 2.30. The van der Waals surface area contributed by atoms with E-state index in [1.54, 1.807) is 6.92 Å². The molecule has 1 aliphatic carbocycles. The third-order valence-electron chi connectivity index (χ3n) is 6.03. The summed E-state index contributed by atoms with van der Waals surface area (Å²) in [6, 6.07) is 5.88. The second-order valence-electron chi connectivity index (χ2n) is 8.67. The number of rotatable bonds is 7. The quantitative estimate of drug-likeness (QED) is 0.353. The Morgan fingerprint density at radius 3 is 2.76 bits per heavy atom. The summed E-state index contributed by atoms with van der Waals surface area (Å²) in [6.45, 7) is 8.67. The van der Waals surface area contributed by atoms with Gasteiger partial charge in [0.2, 0.25) is 0 Å². The molecule has 0 radical (unpaired) electrons. The zero-order chi connectivity index (χ0) is 24.0. The van der Waals surface area contributed by atoms with Gasteiger partial charge in [0.05, 0.1) is 16.0 Å². The summed E-state index contributed by atoms with van der Waals surface area (Å²) in [5, 5.41) is 13.0. The Labute approximate surface area is 205 Å². The molecule has 0 atom stereocenters. The van der Waals surface area contributed by atoms with Crippen molar-refractivity contribution in [2.24, 2.45) is 0 Å². The Kier molecular flexibility index (Phi) is 6.03. The van der Waals surface area contributed by atoms with E-state index >= 15 is 0 Å². The third kappa shape index (κ3) is 4.27. The number of anilines is 1. The van der Waals surface area contributed by atoms with Crippen LogP contribution in [0, 0.1) is 20.8 Å². The lowest BCUT2D eigenvalue weighted by Gasteiger charge is -2.08. The van der Waals surface area contributed by atoms with E-state index in [0.717, 1.165) is 34.3 Å². The Balaban J connectivity index is 1.39. The molecule has 176 valence electrons. The van der Waals surface area contributed by atoms with Crippen LogP contribution in [0.4, 0.5) is 5.69 Å². The summed E-state index contributed by atoms with van der Waals surface area (Å²) in [6.07, 6.45) is 2.34. The Hall–Kier alpha value is -2.98. The summed E-state index contributed by atoms with van der Waals surface area (Å²) in [4.78, 5) is 34.5. The van der Waals surface area contributed by atoms with Gasteiger partial charge in [0.1, 0.15) is 16.5 Å². The summed E-state index contributed by atoms with van der Waals surface area (Å²) < 4.78 is 2.14. The van der Waals surface area contributed by atoms with Crippen molar-refractivity contribution in [3.8, 4) is 0 Å². The number of hydrogen-bond donors (Lipinski definition) is 2. The minimum atomic E-state index is -0.230. The van der Waals surface area contributed by atoms with E-state index in [0.29, 0.717) is 38.2 Å². The van der Waals surface area contributed by atoms with Crippen LogP contribution in [0.5, 0.6) is 0 Å². The van der Waals surface area contributed by atoms with Gasteiger partial charge in [-0.3, -0.25) is 9.59 Å². The van der Waals surface area contributed by atoms with Crippen molar-refractivity contribution in [1.29, 1.82) is 0 Å². The van der Waals surface area contributed by atoms with Crippen LogP contribution in [0.1, 0.15) is 63.7 Å². The van der Waals surface area contributed by atoms with E-state index < -0.39 is 0 Å². The van der Waals surface area contributed by atoms with Crippen molar-refractivity contribution < 1.29 is 4.79 Å². The molecule has 8 nitrogen and oxygen atoms in total. The molecule has 1 fully saturated rings. The molecule has 2 N–H and O–H groups in total. The van der Waals surface area contributed by atoms with Gasteiger partial charge in [-0.15, -0.1) is 21.5 Å². The average Bonchev–Trinajstić information content (AvgIpc) is 3.47. The predicted octanol–water partition coefficient (Wildman–Crippen LogP) is 4.94. The molecular formula is C24H26N6O2S2. The molecule has 0 bridgehead atoms. The lowest BCUT2D eigenvalue weighted by atomic mass is 10.1. The number of fused-ring (bicyclic) bond motifs is 1. The van der Waals surface area contributed by atoms with Crippen LogP contribution in [0.15, 0.2) is 28.2 Å². The zero-order valence-electron chi connectivity index (χ0n) is 19.6. The van der Waals surface area contributed by atoms with Crippen molar-refractivity contribution in [3.63, 3.8) is 0 Å². The number of carbonyl (C=O) groups is 1. The lowest BCUT2D eigenvalue weighted by Crippen LogP contribution is -2.14. The molecule has 10 heteroatoms. The first-order chi connectivity index (χ1) is 16.4. The predicted molar refractivity (Wildman–Crippen MR) is 136 cm³/mol. The van der Waals surface area contributed by atoms with Crippen molar-refractivity contribution in [2.45, 2.75) is 63.9 Å². The Morgan fingerprint density at radius 1 is 1.26 bits per heavy atom. The fraction of sp³-hybridized carbons (Fsp3) is 0.375. The summed E-state index contributed by atoms with van der Waals surface area (Å²) in [5.74, 6) is 2.37. The van der Waals surface area contributed by atoms with Gasteiger partial charge in [0, 0.05) is 18.2 Å². The second kappa shape index (κ2) is 8.99. The molecule has 4 aromatic rings. The number of thioether (sulfide) groups is 1. The van der Waals surface area contributed by atoms with Crippen LogP contribution in [-0.2, 0) is 12.3 Å². The number of aryl methyl sites for hydroxylation is 3.